The highest BCUT2D eigenvalue weighted by atomic mass is 79.9. The number of fused-ring (bicyclic) bond motifs is 4. The van der Waals surface area contributed by atoms with Gasteiger partial charge in [0.1, 0.15) is 28.6 Å². The van der Waals surface area contributed by atoms with Crippen LogP contribution in [-0.4, -0.2) is 102 Å². The molecule has 2 aliphatic heterocycles. The van der Waals surface area contributed by atoms with Gasteiger partial charge in [-0.2, -0.15) is 25.4 Å². The number of carbonyl (C=O) groups is 1. The lowest BCUT2D eigenvalue weighted by Gasteiger charge is -2.30. The van der Waals surface area contributed by atoms with E-state index in [-0.39, 0.29) is 74.3 Å². The van der Waals surface area contributed by atoms with Gasteiger partial charge in [0.05, 0.1) is 20.3 Å². The number of halogens is 4. The molecule has 24 nitrogen and oxygen atoms in total. The van der Waals surface area contributed by atoms with Crippen LogP contribution in [0.25, 0.3) is 34.4 Å². The lowest BCUT2D eigenvalue weighted by molar-refractivity contribution is 0.0566. The minimum absolute atomic E-state index is 0.00678. The van der Waals surface area contributed by atoms with E-state index in [0.717, 1.165) is 15.6 Å². The summed E-state index contributed by atoms with van der Waals surface area (Å²) in [6.45, 7) is 5.53. The van der Waals surface area contributed by atoms with Crippen molar-refractivity contribution in [1.82, 2.24) is 53.4 Å². The van der Waals surface area contributed by atoms with Crippen LogP contribution in [0.1, 0.15) is 57.8 Å². The molecule has 30 heteroatoms. The molecule has 2 aliphatic carbocycles. The Morgan fingerprint density at radius 3 is 1.58 bits per heavy atom. The van der Waals surface area contributed by atoms with Crippen molar-refractivity contribution in [3.05, 3.63) is 89.5 Å². The Hall–Kier alpha value is -5.53. The second-order valence-corrected chi connectivity index (χ2v) is 22.9. The molecule has 6 unspecified atom stereocenters. The summed E-state index contributed by atoms with van der Waals surface area (Å²) in [5.74, 6) is -2.09. The van der Waals surface area contributed by atoms with Gasteiger partial charge in [-0.05, 0) is 162 Å². The molecule has 6 aromatic rings. The number of nitrogens with one attached hydrogen (secondary N) is 1. The molecular formula is C39H40Br2F2N12O12S2. The van der Waals surface area contributed by atoms with Crippen LogP contribution in [0.2, 0.25) is 0 Å². The molecule has 2 saturated carbocycles. The predicted molar refractivity (Wildman–Crippen MR) is 238 cm³/mol. The van der Waals surface area contributed by atoms with Gasteiger partial charge < -0.3 is 4.74 Å². The second kappa shape index (κ2) is 18.3. The first-order chi connectivity index (χ1) is 32.5. The normalized spacial score (nSPS) is 22.6. The summed E-state index contributed by atoms with van der Waals surface area (Å²) in [5, 5.41) is 28.7. The van der Waals surface area contributed by atoms with E-state index in [4.69, 9.17) is 28.2 Å². The minimum Gasteiger partial charge on any atom is -0.443 e. The average Bonchev–Trinajstić information content (AvgIpc) is 4.13. The predicted octanol–water partition coefficient (Wildman–Crippen LogP) is 4.03. The van der Waals surface area contributed by atoms with Crippen LogP contribution in [0.15, 0.2) is 73.2 Å². The van der Waals surface area contributed by atoms with Crippen LogP contribution in [0.4, 0.5) is 13.6 Å². The highest BCUT2D eigenvalue weighted by molar-refractivity contribution is 9.10. The number of piperidine rings is 2. The Morgan fingerprint density at radius 1 is 0.739 bits per heavy atom. The summed E-state index contributed by atoms with van der Waals surface area (Å²) in [7, 11) is -7.78. The Bertz CT molecular complexity index is 3300. The van der Waals surface area contributed by atoms with E-state index >= 15 is 0 Å². The van der Waals surface area contributed by atoms with Crippen molar-refractivity contribution < 1.29 is 53.5 Å². The lowest BCUT2D eigenvalue weighted by Crippen LogP contribution is -2.49. The summed E-state index contributed by atoms with van der Waals surface area (Å²) in [6.07, 6.45) is 2.36. The summed E-state index contributed by atoms with van der Waals surface area (Å²) in [5.41, 5.74) is 1.11. The van der Waals surface area contributed by atoms with Crippen LogP contribution >= 0.6 is 31.9 Å². The summed E-state index contributed by atoms with van der Waals surface area (Å²) < 4.78 is 108. The van der Waals surface area contributed by atoms with Crippen molar-refractivity contribution >= 4 is 58.4 Å². The molecule has 10 rings (SSSR count). The van der Waals surface area contributed by atoms with E-state index < -0.39 is 55.3 Å². The fraction of sp³-hybridized carbons (Fsp3) is 0.462. The molecule has 6 atom stereocenters. The molecule has 4 fully saturated rings. The Kier molecular flexibility index (Phi) is 12.9. The molecule has 0 spiro atoms. The van der Waals surface area contributed by atoms with Gasteiger partial charge in [0.2, 0.25) is 11.6 Å². The lowest BCUT2D eigenvalue weighted by atomic mass is 9.90. The molecule has 3 N–H and O–H groups in total. The van der Waals surface area contributed by atoms with Crippen molar-refractivity contribution in [2.45, 2.75) is 77.0 Å². The number of hydrogen-bond donors (Lipinski definition) is 2. The maximum atomic E-state index is 13.7. The number of aromatic nitrogens is 8. The summed E-state index contributed by atoms with van der Waals surface area (Å²) >= 11 is 6.20. The standard InChI is InChI=1S/C22H24BrFN6O7S.C17H16BrFN6O5S/c1-22(2,3)35-20(31)28-38(33,34)29-10-12-7-14(29)6-11(12)8-17-18(26-37-25-17)19-27-36-21(32)30(19)13-4-5-16(24)15(23)9-13;18-12-6-10(1-2-13(12)19)25-16(23-29-17(25)26)15-14(21-30-22-15)5-8-3-11-4-9(8)7-24(11)31(20,27)28/h4-5,9,11-12,14H,6-8,10H2,1-3H3,(H,28,31);1-2,6,8-9,11H,3-5,7H2,(H2,20,27,28). The summed E-state index contributed by atoms with van der Waals surface area (Å²) in [4.78, 5) is 36.7. The molecule has 1 amide bonds. The maximum Gasteiger partial charge on any atom is 0.446 e. The highest BCUT2D eigenvalue weighted by Gasteiger charge is 2.51. The third-order valence-electron chi connectivity index (χ3n) is 12.5. The molecule has 2 aromatic carbocycles. The minimum atomic E-state index is -4.07. The molecule has 6 heterocycles. The number of nitrogens with zero attached hydrogens (tertiary/aromatic N) is 10. The zero-order valence-corrected chi connectivity index (χ0v) is 41.2. The van der Waals surface area contributed by atoms with Crippen LogP contribution < -0.4 is 21.4 Å². The van der Waals surface area contributed by atoms with Crippen molar-refractivity contribution in [2.24, 2.45) is 28.8 Å². The van der Waals surface area contributed by atoms with Crippen molar-refractivity contribution in [3.63, 3.8) is 0 Å². The van der Waals surface area contributed by atoms with Gasteiger partial charge in [-0.1, -0.05) is 20.6 Å². The van der Waals surface area contributed by atoms with Crippen LogP contribution in [-0.2, 0) is 38.0 Å². The van der Waals surface area contributed by atoms with Crippen molar-refractivity contribution in [3.8, 4) is 34.4 Å². The zero-order chi connectivity index (χ0) is 49.3. The second-order valence-electron chi connectivity index (χ2n) is 18.0. The van der Waals surface area contributed by atoms with Gasteiger partial charge in [0, 0.05) is 25.2 Å². The zero-order valence-electron chi connectivity index (χ0n) is 36.4. The quantitative estimate of drug-likeness (QED) is 0.185. The first kappa shape index (κ1) is 48.5. The molecule has 368 valence electrons. The van der Waals surface area contributed by atoms with Crippen LogP contribution in [0.3, 0.4) is 0 Å². The van der Waals surface area contributed by atoms with E-state index in [0.29, 0.717) is 61.4 Å². The molecule has 4 bridgehead atoms. The number of rotatable bonds is 11. The van der Waals surface area contributed by atoms with Gasteiger partial charge in [0.15, 0.2) is 11.4 Å². The fourth-order valence-corrected chi connectivity index (χ4v) is 12.7. The molecule has 2 saturated heterocycles. The van der Waals surface area contributed by atoms with E-state index in [2.05, 4.69) is 62.8 Å². The van der Waals surface area contributed by atoms with Gasteiger partial charge >= 0.3 is 27.8 Å². The Labute approximate surface area is 406 Å². The molecule has 69 heavy (non-hydrogen) atoms. The van der Waals surface area contributed by atoms with Gasteiger partial charge in [-0.3, -0.25) is 9.05 Å². The van der Waals surface area contributed by atoms with Crippen molar-refractivity contribution in [1.29, 1.82) is 0 Å². The Balaban J connectivity index is 0.000000175. The van der Waals surface area contributed by atoms with E-state index in [1.807, 2.05) is 4.72 Å². The third kappa shape index (κ3) is 9.83. The van der Waals surface area contributed by atoms with Gasteiger partial charge in [0.25, 0.3) is 10.2 Å². The third-order valence-corrected chi connectivity index (χ3v) is 16.3. The van der Waals surface area contributed by atoms with E-state index in [1.165, 1.54) is 45.0 Å². The van der Waals surface area contributed by atoms with Crippen molar-refractivity contribution in [2.75, 3.05) is 13.1 Å². The van der Waals surface area contributed by atoms with Crippen LogP contribution in [0, 0.1) is 35.3 Å². The molecule has 4 aromatic heterocycles. The SMILES string of the molecule is CC(C)(C)OC(=O)NS(=O)(=O)N1CC2CC1CC2Cc1nonc1-c1noc(=O)n1-c1ccc(F)c(Br)c1.NS(=O)(=O)N1CC2CC1CC2Cc1nonc1-c1noc(=O)n1-c1ccc(F)c(Br)c1. The number of ether oxygens (including phenoxy) is 1. The molecule has 4 aliphatic rings. The van der Waals surface area contributed by atoms with Gasteiger partial charge in [-0.25, -0.2) is 51.4 Å². The summed E-state index contributed by atoms with van der Waals surface area (Å²) in [6, 6.07) is 7.60. The maximum absolute atomic E-state index is 13.7. The van der Waals surface area contributed by atoms with Gasteiger partial charge in [-0.15, -0.1) is 0 Å². The van der Waals surface area contributed by atoms with E-state index in [9.17, 15) is 40.0 Å². The Morgan fingerprint density at radius 2 is 1.19 bits per heavy atom. The molecular weight excluding hydrogens is 1090 g/mol. The average molecular weight is 1130 g/mol. The number of carbonyl (C=O) groups excluding carboxylic acids is 1. The number of benzene rings is 2. The number of hydrogen-bond acceptors (Lipinski definition) is 18. The smallest absolute Gasteiger partial charge is 0.443 e. The first-order valence-corrected chi connectivity index (χ1v) is 25.6. The number of nitrogens with two attached hydrogens (primary N) is 1. The highest BCUT2D eigenvalue weighted by Crippen LogP contribution is 2.46. The van der Waals surface area contributed by atoms with E-state index in [1.54, 1.807) is 20.8 Å². The molecule has 0 radical (unpaired) electrons. The topological polar surface area (TPSA) is 313 Å². The first-order valence-electron chi connectivity index (χ1n) is 21.1. The van der Waals surface area contributed by atoms with Crippen LogP contribution in [0.5, 0.6) is 0 Å². The monoisotopic (exact) mass is 1130 g/mol. The largest absolute Gasteiger partial charge is 0.446 e. The number of amides is 1. The fourth-order valence-electron chi connectivity index (χ4n) is 9.63.